The van der Waals surface area contributed by atoms with E-state index < -0.39 is 24.3 Å². The molecule has 2 N–H and O–H groups in total. The third-order valence-electron chi connectivity index (χ3n) is 3.10. The van der Waals surface area contributed by atoms with E-state index in [0.29, 0.717) is 17.9 Å². The topological polar surface area (TPSA) is 88.7 Å². The maximum absolute atomic E-state index is 12.4. The minimum absolute atomic E-state index is 0.0847. The second-order valence-corrected chi connectivity index (χ2v) is 5.26. The molecule has 0 saturated heterocycles. The molecule has 0 unspecified atom stereocenters. The Balaban J connectivity index is 1.89. The fourth-order valence-electron chi connectivity index (χ4n) is 1.90. The summed E-state index contributed by atoms with van der Waals surface area (Å²) < 4.78 is 43.5. The van der Waals surface area contributed by atoms with Crippen LogP contribution in [-0.2, 0) is 17.5 Å². The molecule has 0 fully saturated rings. The molecular weight excluding hydrogens is 353 g/mol. The van der Waals surface area contributed by atoms with Crippen molar-refractivity contribution in [3.05, 3.63) is 41.7 Å². The zero-order chi connectivity index (χ0) is 19.2. The Hall–Kier alpha value is -3.04. The van der Waals surface area contributed by atoms with Crippen molar-refractivity contribution in [1.82, 2.24) is 15.2 Å². The van der Waals surface area contributed by atoms with Crippen molar-refractivity contribution < 1.29 is 27.8 Å². The third-order valence-corrected chi connectivity index (χ3v) is 3.10. The van der Waals surface area contributed by atoms with Gasteiger partial charge >= 0.3 is 6.18 Å². The molecule has 1 amide bonds. The molecule has 1 heterocycles. The summed E-state index contributed by atoms with van der Waals surface area (Å²) in [6.07, 6.45) is -1.48. The van der Waals surface area contributed by atoms with Crippen molar-refractivity contribution in [2.45, 2.75) is 26.1 Å². The van der Waals surface area contributed by atoms with Gasteiger partial charge in [0.15, 0.2) is 5.69 Å². The molecule has 7 nitrogen and oxygen atoms in total. The lowest BCUT2D eigenvalue weighted by atomic mass is 10.2. The molecule has 0 aliphatic heterocycles. The molecule has 0 atom stereocenters. The molecule has 1 aromatic heterocycles. The number of phenolic OH excluding ortho intramolecular Hbond substituents is 1. The summed E-state index contributed by atoms with van der Waals surface area (Å²) in [7, 11) is 0. The highest BCUT2D eigenvalue weighted by Crippen LogP contribution is 2.27. The first-order chi connectivity index (χ1) is 12.3. The third kappa shape index (κ3) is 5.50. The molecule has 2 rings (SSSR count). The van der Waals surface area contributed by atoms with Crippen LogP contribution in [0.15, 0.2) is 35.6 Å². The Kier molecular flexibility index (Phi) is 6.21. The summed E-state index contributed by atoms with van der Waals surface area (Å²) in [5.74, 6) is -0.247. The predicted octanol–water partition coefficient (Wildman–Crippen LogP) is 2.55. The van der Waals surface area contributed by atoms with E-state index in [1.54, 1.807) is 12.1 Å². The molecule has 0 saturated carbocycles. The number of hydrazone groups is 1. The largest absolute Gasteiger partial charge is 0.507 e. The Labute approximate surface area is 147 Å². The number of nitrogens with one attached hydrogen (secondary N) is 1. The average Bonchev–Trinajstić information content (AvgIpc) is 3.03. The van der Waals surface area contributed by atoms with Crippen LogP contribution in [0.3, 0.4) is 0 Å². The normalized spacial score (nSPS) is 11.7. The van der Waals surface area contributed by atoms with E-state index in [9.17, 15) is 23.1 Å². The van der Waals surface area contributed by atoms with Gasteiger partial charge in [0.25, 0.3) is 5.91 Å². The lowest BCUT2D eigenvalue weighted by molar-refractivity contribution is -0.141. The quantitative estimate of drug-likeness (QED) is 0.579. The van der Waals surface area contributed by atoms with Gasteiger partial charge in [-0.1, -0.05) is 6.92 Å². The molecule has 0 bridgehead atoms. The number of aromatic hydroxyl groups is 1. The summed E-state index contributed by atoms with van der Waals surface area (Å²) in [5.41, 5.74) is 1.41. The monoisotopic (exact) mass is 370 g/mol. The highest BCUT2D eigenvalue weighted by Gasteiger charge is 2.33. The predicted molar refractivity (Wildman–Crippen MR) is 86.9 cm³/mol. The number of aromatic nitrogens is 2. The number of carbonyl (C=O) groups is 1. The molecule has 0 aliphatic carbocycles. The van der Waals surface area contributed by atoms with E-state index in [4.69, 9.17) is 4.74 Å². The SMILES string of the molecule is CCCOc1ccc(/C=N/NC(=O)Cn2ccc(C(F)(F)F)n2)c(O)c1. The van der Waals surface area contributed by atoms with Gasteiger partial charge in [0.2, 0.25) is 0 Å². The van der Waals surface area contributed by atoms with E-state index in [2.05, 4.69) is 15.6 Å². The number of hydrogen-bond acceptors (Lipinski definition) is 5. The number of nitrogens with zero attached hydrogens (tertiary/aromatic N) is 3. The Morgan fingerprint density at radius 2 is 2.19 bits per heavy atom. The van der Waals surface area contributed by atoms with Crippen molar-refractivity contribution in [3.8, 4) is 11.5 Å². The lowest BCUT2D eigenvalue weighted by Gasteiger charge is -2.06. The van der Waals surface area contributed by atoms with Gasteiger partial charge in [0, 0.05) is 17.8 Å². The molecule has 0 aliphatic rings. The fraction of sp³-hybridized carbons (Fsp3) is 0.312. The first-order valence-corrected chi connectivity index (χ1v) is 7.68. The first-order valence-electron chi connectivity index (χ1n) is 7.68. The molecule has 1 aromatic carbocycles. The molecule has 26 heavy (non-hydrogen) atoms. The molecule has 2 aromatic rings. The standard InChI is InChI=1S/C16H17F3N4O3/c1-2-7-26-12-4-3-11(13(24)8-12)9-20-21-15(25)10-23-6-5-14(22-23)16(17,18)19/h3-6,8-9,24H,2,7,10H2,1H3,(H,21,25)/b20-9+. The molecular formula is C16H17F3N4O3. The van der Waals surface area contributed by atoms with Crippen molar-refractivity contribution in [3.63, 3.8) is 0 Å². The number of hydrogen-bond donors (Lipinski definition) is 2. The minimum atomic E-state index is -4.57. The number of phenols is 1. The van der Waals surface area contributed by atoms with E-state index in [-0.39, 0.29) is 5.75 Å². The van der Waals surface area contributed by atoms with Gasteiger partial charge in [-0.3, -0.25) is 9.48 Å². The smallest absolute Gasteiger partial charge is 0.435 e. The summed E-state index contributed by atoms with van der Waals surface area (Å²) in [6, 6.07) is 5.39. The molecule has 10 heteroatoms. The maximum Gasteiger partial charge on any atom is 0.435 e. The zero-order valence-corrected chi connectivity index (χ0v) is 13.8. The van der Waals surface area contributed by atoms with Gasteiger partial charge in [0.1, 0.15) is 18.0 Å². The van der Waals surface area contributed by atoms with Crippen LogP contribution in [-0.4, -0.2) is 33.6 Å². The van der Waals surface area contributed by atoms with Crippen LogP contribution in [0.2, 0.25) is 0 Å². The van der Waals surface area contributed by atoms with Crippen LogP contribution < -0.4 is 10.2 Å². The Morgan fingerprint density at radius 1 is 1.42 bits per heavy atom. The molecule has 0 radical (unpaired) electrons. The van der Waals surface area contributed by atoms with E-state index in [1.165, 1.54) is 12.3 Å². The van der Waals surface area contributed by atoms with Gasteiger partial charge in [-0.15, -0.1) is 0 Å². The van der Waals surface area contributed by atoms with Crippen LogP contribution >= 0.6 is 0 Å². The van der Waals surface area contributed by atoms with Crippen LogP contribution in [0.25, 0.3) is 0 Å². The Morgan fingerprint density at radius 3 is 2.81 bits per heavy atom. The lowest BCUT2D eigenvalue weighted by Crippen LogP contribution is -2.23. The number of amides is 1. The minimum Gasteiger partial charge on any atom is -0.507 e. The van der Waals surface area contributed by atoms with Crippen molar-refractivity contribution in [2.75, 3.05) is 6.61 Å². The summed E-state index contributed by atoms with van der Waals surface area (Å²) in [4.78, 5) is 11.7. The van der Waals surface area contributed by atoms with Gasteiger partial charge < -0.3 is 9.84 Å². The number of halogens is 3. The second-order valence-electron chi connectivity index (χ2n) is 5.26. The first kappa shape index (κ1) is 19.3. The highest BCUT2D eigenvalue weighted by atomic mass is 19.4. The van der Waals surface area contributed by atoms with Crippen LogP contribution in [0.4, 0.5) is 13.2 Å². The van der Waals surface area contributed by atoms with Gasteiger partial charge in [0.05, 0.1) is 12.8 Å². The van der Waals surface area contributed by atoms with Crippen molar-refractivity contribution in [2.24, 2.45) is 5.10 Å². The van der Waals surface area contributed by atoms with Crippen LogP contribution in [0.1, 0.15) is 24.6 Å². The van der Waals surface area contributed by atoms with Crippen molar-refractivity contribution >= 4 is 12.1 Å². The van der Waals surface area contributed by atoms with Crippen LogP contribution in [0, 0.1) is 0 Å². The molecule has 140 valence electrons. The maximum atomic E-state index is 12.4. The fourth-order valence-corrected chi connectivity index (χ4v) is 1.90. The van der Waals surface area contributed by atoms with E-state index in [0.717, 1.165) is 23.4 Å². The number of alkyl halides is 3. The van der Waals surface area contributed by atoms with Crippen molar-refractivity contribution in [1.29, 1.82) is 0 Å². The van der Waals surface area contributed by atoms with Gasteiger partial charge in [-0.05, 0) is 24.6 Å². The van der Waals surface area contributed by atoms with Crippen LogP contribution in [0.5, 0.6) is 11.5 Å². The number of ether oxygens (including phenoxy) is 1. The summed E-state index contributed by atoms with van der Waals surface area (Å²) in [6.45, 7) is 2.05. The highest BCUT2D eigenvalue weighted by molar-refractivity contribution is 5.85. The van der Waals surface area contributed by atoms with E-state index >= 15 is 0 Å². The Bertz CT molecular complexity index is 787. The second kappa shape index (κ2) is 8.37. The number of rotatable bonds is 7. The summed E-state index contributed by atoms with van der Waals surface area (Å²) >= 11 is 0. The molecule has 0 spiro atoms. The number of carbonyl (C=O) groups excluding carboxylic acids is 1. The van der Waals surface area contributed by atoms with Gasteiger partial charge in [-0.2, -0.15) is 23.4 Å². The van der Waals surface area contributed by atoms with E-state index in [1.807, 2.05) is 6.92 Å². The summed E-state index contributed by atoms with van der Waals surface area (Å²) in [5, 5.41) is 16.8. The van der Waals surface area contributed by atoms with Gasteiger partial charge in [-0.25, -0.2) is 5.43 Å². The average molecular weight is 370 g/mol. The zero-order valence-electron chi connectivity index (χ0n) is 13.8. The number of benzene rings is 1.